The molecule has 7 nitrogen and oxygen atoms in total. The Morgan fingerprint density at radius 1 is 0.880 bits per heavy atom. The van der Waals surface area contributed by atoms with Crippen LogP contribution in [0.3, 0.4) is 0 Å². The minimum absolute atomic E-state index is 0.297. The van der Waals surface area contributed by atoms with Gasteiger partial charge in [-0.05, 0) is 29.8 Å². The lowest BCUT2D eigenvalue weighted by atomic mass is 10.1. The van der Waals surface area contributed by atoms with E-state index in [1.165, 1.54) is 12.1 Å². The molecular weight excluding hydrogens is 322 g/mol. The fraction of sp³-hybridized carbons (Fsp3) is 0.111. The van der Waals surface area contributed by atoms with Gasteiger partial charge in [0.1, 0.15) is 0 Å². The molecule has 0 aliphatic rings. The number of anilines is 1. The molecule has 0 unspecified atom stereocenters. The van der Waals surface area contributed by atoms with Crippen molar-refractivity contribution in [3.05, 3.63) is 86.0 Å². The van der Waals surface area contributed by atoms with Crippen molar-refractivity contribution < 1.29 is 9.85 Å². The van der Waals surface area contributed by atoms with Gasteiger partial charge in [-0.1, -0.05) is 30.4 Å². The van der Waals surface area contributed by atoms with Gasteiger partial charge in [-0.15, -0.1) is 0 Å². The van der Waals surface area contributed by atoms with Crippen LogP contribution in [-0.4, -0.2) is 23.9 Å². The summed E-state index contributed by atoms with van der Waals surface area (Å²) < 4.78 is 0. The third-order valence-corrected chi connectivity index (χ3v) is 3.51. The molecule has 0 saturated heterocycles. The fourth-order valence-electron chi connectivity index (χ4n) is 2.15. The minimum Gasteiger partial charge on any atom is -0.378 e. The molecule has 0 N–H and O–H groups in total. The highest BCUT2D eigenvalue weighted by atomic mass is 16.6. The van der Waals surface area contributed by atoms with Crippen molar-refractivity contribution >= 4 is 29.2 Å². The van der Waals surface area contributed by atoms with Gasteiger partial charge in [0.2, 0.25) is 0 Å². The molecule has 0 aliphatic carbocycles. The van der Waals surface area contributed by atoms with Crippen LogP contribution in [0, 0.1) is 20.2 Å². The molecule has 0 fully saturated rings. The highest BCUT2D eigenvalue weighted by molar-refractivity contribution is 5.66. The summed E-state index contributed by atoms with van der Waals surface area (Å²) in [6, 6.07) is 11.5. The van der Waals surface area contributed by atoms with Gasteiger partial charge in [0, 0.05) is 25.8 Å². The first-order valence-electron chi connectivity index (χ1n) is 7.43. The number of hydrogen-bond donors (Lipinski definition) is 0. The zero-order valence-electron chi connectivity index (χ0n) is 13.8. The Labute approximate surface area is 144 Å². The summed E-state index contributed by atoms with van der Waals surface area (Å²) in [5.41, 5.74) is 1.79. The van der Waals surface area contributed by atoms with Crippen LogP contribution in [0.2, 0.25) is 0 Å². The molecule has 128 valence electrons. The Morgan fingerprint density at radius 3 is 2.08 bits per heavy atom. The molecule has 0 heterocycles. The molecule has 0 atom stereocenters. The van der Waals surface area contributed by atoms with Crippen LogP contribution in [-0.2, 0) is 0 Å². The predicted molar refractivity (Wildman–Crippen MR) is 98.6 cm³/mol. The average Bonchev–Trinajstić information content (AvgIpc) is 2.58. The van der Waals surface area contributed by atoms with Crippen molar-refractivity contribution in [3.8, 4) is 0 Å². The quantitative estimate of drug-likeness (QED) is 0.445. The van der Waals surface area contributed by atoms with Crippen molar-refractivity contribution in [2.45, 2.75) is 0 Å². The van der Waals surface area contributed by atoms with E-state index in [1.807, 2.05) is 49.3 Å². The van der Waals surface area contributed by atoms with E-state index in [0.29, 0.717) is 5.56 Å². The third kappa shape index (κ3) is 4.74. The van der Waals surface area contributed by atoms with E-state index >= 15 is 0 Å². The van der Waals surface area contributed by atoms with Gasteiger partial charge in [0.25, 0.3) is 11.4 Å². The van der Waals surface area contributed by atoms with Crippen LogP contribution in [0.25, 0.3) is 12.2 Å². The molecule has 2 aromatic rings. The minimum atomic E-state index is -0.655. The second kappa shape index (κ2) is 7.87. The molecule has 7 heteroatoms. The molecule has 0 aliphatic heterocycles. The highest BCUT2D eigenvalue weighted by Crippen LogP contribution is 2.25. The average molecular weight is 339 g/mol. The largest absolute Gasteiger partial charge is 0.378 e. The molecule has 0 saturated carbocycles. The van der Waals surface area contributed by atoms with Crippen LogP contribution in [0.4, 0.5) is 17.1 Å². The SMILES string of the molecule is CN(C)c1ccc(/C=C/C=C/c2ccc([N+](=O)[O-])cc2[N+](=O)[O-])cc1. The van der Waals surface area contributed by atoms with Crippen molar-refractivity contribution in [1.29, 1.82) is 0 Å². The van der Waals surface area contributed by atoms with E-state index in [4.69, 9.17) is 0 Å². The Balaban J connectivity index is 2.16. The maximum atomic E-state index is 11.1. The van der Waals surface area contributed by atoms with Crippen LogP contribution >= 0.6 is 0 Å². The predicted octanol–water partition coefficient (Wildman–Crippen LogP) is 4.30. The van der Waals surface area contributed by atoms with Crippen molar-refractivity contribution in [2.75, 3.05) is 19.0 Å². The van der Waals surface area contributed by atoms with Gasteiger partial charge in [0.05, 0.1) is 21.5 Å². The lowest BCUT2D eigenvalue weighted by molar-refractivity contribution is -0.394. The topological polar surface area (TPSA) is 89.5 Å². The molecule has 0 radical (unpaired) electrons. The normalized spacial score (nSPS) is 11.1. The molecule has 0 aromatic heterocycles. The summed E-state index contributed by atoms with van der Waals surface area (Å²) in [6.45, 7) is 0. The molecule has 0 spiro atoms. The van der Waals surface area contributed by atoms with Crippen molar-refractivity contribution in [3.63, 3.8) is 0 Å². The number of non-ortho nitro benzene ring substituents is 1. The highest BCUT2D eigenvalue weighted by Gasteiger charge is 2.17. The van der Waals surface area contributed by atoms with Crippen molar-refractivity contribution in [2.24, 2.45) is 0 Å². The summed E-state index contributed by atoms with van der Waals surface area (Å²) in [5.74, 6) is 0. The van der Waals surface area contributed by atoms with Gasteiger partial charge in [-0.25, -0.2) is 0 Å². The van der Waals surface area contributed by atoms with Gasteiger partial charge < -0.3 is 4.90 Å². The Kier molecular flexibility index (Phi) is 5.62. The lowest BCUT2D eigenvalue weighted by Crippen LogP contribution is -2.07. The summed E-state index contributed by atoms with van der Waals surface area (Å²) >= 11 is 0. The number of nitro benzene ring substituents is 2. The van der Waals surface area contributed by atoms with Crippen LogP contribution in [0.5, 0.6) is 0 Å². The molecule has 2 aromatic carbocycles. The monoisotopic (exact) mass is 339 g/mol. The molecule has 0 amide bonds. The number of hydrogen-bond acceptors (Lipinski definition) is 5. The maximum absolute atomic E-state index is 11.1. The van der Waals surface area contributed by atoms with Crippen LogP contribution in [0.15, 0.2) is 54.6 Å². The van der Waals surface area contributed by atoms with Crippen LogP contribution < -0.4 is 4.90 Å². The summed E-state index contributed by atoms with van der Waals surface area (Å²) in [4.78, 5) is 22.5. The van der Waals surface area contributed by atoms with Gasteiger partial charge in [-0.3, -0.25) is 20.2 Å². The Bertz CT molecular complexity index is 840. The zero-order valence-corrected chi connectivity index (χ0v) is 13.8. The zero-order chi connectivity index (χ0) is 18.4. The smallest absolute Gasteiger partial charge is 0.283 e. The first-order chi connectivity index (χ1) is 11.9. The van der Waals surface area contributed by atoms with E-state index in [1.54, 1.807) is 18.2 Å². The number of allylic oxidation sites excluding steroid dienone is 2. The van der Waals surface area contributed by atoms with Gasteiger partial charge >= 0.3 is 0 Å². The standard InChI is InChI=1S/C18H17N3O4/c1-19(2)16-10-7-14(8-11-16)5-3-4-6-15-9-12-17(20(22)23)13-18(15)21(24)25/h3-13H,1-2H3/b5-3+,6-4+. The number of nitrogens with zero attached hydrogens (tertiary/aromatic N) is 3. The molecule has 0 bridgehead atoms. The fourth-order valence-corrected chi connectivity index (χ4v) is 2.15. The Morgan fingerprint density at radius 2 is 1.52 bits per heavy atom. The Hall–Kier alpha value is -3.48. The number of nitro groups is 2. The summed E-state index contributed by atoms with van der Waals surface area (Å²) in [5, 5.41) is 21.8. The summed E-state index contributed by atoms with van der Waals surface area (Å²) in [7, 11) is 3.93. The molecule has 2 rings (SSSR count). The van der Waals surface area contributed by atoms with Gasteiger partial charge in [-0.2, -0.15) is 0 Å². The van der Waals surface area contributed by atoms with E-state index in [2.05, 4.69) is 0 Å². The second-order valence-electron chi connectivity index (χ2n) is 5.46. The van der Waals surface area contributed by atoms with Crippen LogP contribution in [0.1, 0.15) is 11.1 Å². The van der Waals surface area contributed by atoms with E-state index in [0.717, 1.165) is 17.3 Å². The number of benzene rings is 2. The molecule has 25 heavy (non-hydrogen) atoms. The lowest BCUT2D eigenvalue weighted by Gasteiger charge is -2.11. The van der Waals surface area contributed by atoms with E-state index in [9.17, 15) is 20.2 Å². The van der Waals surface area contributed by atoms with E-state index in [-0.39, 0.29) is 11.4 Å². The maximum Gasteiger partial charge on any atom is 0.283 e. The second-order valence-corrected chi connectivity index (χ2v) is 5.46. The third-order valence-electron chi connectivity index (χ3n) is 3.51. The summed E-state index contributed by atoms with van der Waals surface area (Å²) in [6.07, 6.45) is 6.84. The van der Waals surface area contributed by atoms with Crippen molar-refractivity contribution in [1.82, 2.24) is 0 Å². The van der Waals surface area contributed by atoms with E-state index < -0.39 is 9.85 Å². The first kappa shape index (κ1) is 17.9. The van der Waals surface area contributed by atoms with Gasteiger partial charge in [0.15, 0.2) is 0 Å². The number of rotatable bonds is 6. The molecular formula is C18H17N3O4. The first-order valence-corrected chi connectivity index (χ1v) is 7.43.